The Bertz CT molecular complexity index is 827. The number of likely N-dealkylation sites (tertiary alicyclic amines) is 1. The van der Waals surface area contributed by atoms with Crippen LogP contribution in [0.5, 0.6) is 0 Å². The molecule has 0 aliphatic carbocycles. The summed E-state index contributed by atoms with van der Waals surface area (Å²) in [5, 5.41) is 3.25. The van der Waals surface area contributed by atoms with Crippen LogP contribution in [0.15, 0.2) is 48.5 Å². The molecule has 1 N–H and O–H groups in total. The lowest BCUT2D eigenvalue weighted by Crippen LogP contribution is -2.43. The summed E-state index contributed by atoms with van der Waals surface area (Å²) in [6.07, 6.45) is 2.45. The average molecular weight is 413 g/mol. The molecule has 4 nitrogen and oxygen atoms in total. The molecule has 1 fully saturated rings. The van der Waals surface area contributed by atoms with Crippen LogP contribution >= 0.6 is 0 Å². The molecule has 1 aliphatic rings. The van der Waals surface area contributed by atoms with Crippen molar-refractivity contribution in [2.45, 2.75) is 45.1 Å². The first-order valence-electron chi connectivity index (χ1n) is 10.9. The Kier molecular flexibility index (Phi) is 7.86. The van der Waals surface area contributed by atoms with E-state index in [9.17, 15) is 9.18 Å². The van der Waals surface area contributed by atoms with Gasteiger partial charge in [0.15, 0.2) is 0 Å². The molecule has 1 saturated heterocycles. The summed E-state index contributed by atoms with van der Waals surface area (Å²) in [6, 6.07) is 15.0. The Morgan fingerprint density at radius 2 is 2.03 bits per heavy atom. The highest BCUT2D eigenvalue weighted by atomic mass is 19.1. The number of benzene rings is 2. The van der Waals surface area contributed by atoms with E-state index in [0.717, 1.165) is 37.2 Å². The number of esters is 1. The molecule has 3 atom stereocenters. The van der Waals surface area contributed by atoms with E-state index >= 15 is 0 Å². The first kappa shape index (κ1) is 22.3. The van der Waals surface area contributed by atoms with Crippen molar-refractivity contribution >= 4 is 11.7 Å². The lowest BCUT2D eigenvalue weighted by molar-refractivity contribution is -0.156. The van der Waals surface area contributed by atoms with Crippen LogP contribution in [0, 0.1) is 18.7 Å². The SMILES string of the molecule is Cc1ccc(NCCCC(C(=O)OC2CN(C)CCC2C)c2ccccc2)cc1F. The summed E-state index contributed by atoms with van der Waals surface area (Å²) in [6.45, 7) is 6.41. The zero-order valence-electron chi connectivity index (χ0n) is 18.2. The highest BCUT2D eigenvalue weighted by molar-refractivity contribution is 5.78. The molecule has 162 valence electrons. The largest absolute Gasteiger partial charge is 0.460 e. The summed E-state index contributed by atoms with van der Waals surface area (Å²) in [5.74, 6) is -0.270. The Labute approximate surface area is 179 Å². The van der Waals surface area contributed by atoms with E-state index < -0.39 is 0 Å². The molecule has 0 spiro atoms. The lowest BCUT2D eigenvalue weighted by Gasteiger charge is -2.35. The summed E-state index contributed by atoms with van der Waals surface area (Å²) in [4.78, 5) is 15.3. The average Bonchev–Trinajstić information content (AvgIpc) is 2.73. The predicted molar refractivity (Wildman–Crippen MR) is 119 cm³/mol. The first-order chi connectivity index (χ1) is 14.4. The standard InChI is InChI=1S/C25H33FN2O2/c1-18-11-12-21(16-23(18)26)27-14-7-10-22(20-8-5-4-6-9-20)25(29)30-24-17-28(3)15-13-19(24)2/h4-6,8-9,11-12,16,19,22,24,27H,7,10,13-15,17H2,1-3H3. The van der Waals surface area contributed by atoms with Crippen molar-refractivity contribution < 1.29 is 13.9 Å². The Hall–Kier alpha value is -2.40. The fourth-order valence-corrected chi connectivity index (χ4v) is 3.92. The van der Waals surface area contributed by atoms with E-state index in [1.54, 1.807) is 13.0 Å². The van der Waals surface area contributed by atoms with Crippen LogP contribution in [0.3, 0.4) is 0 Å². The molecule has 0 saturated carbocycles. The van der Waals surface area contributed by atoms with Crippen molar-refractivity contribution in [2.24, 2.45) is 5.92 Å². The fraction of sp³-hybridized carbons (Fsp3) is 0.480. The molecule has 3 rings (SSSR count). The third-order valence-corrected chi connectivity index (χ3v) is 6.02. The van der Waals surface area contributed by atoms with E-state index in [1.165, 1.54) is 6.07 Å². The van der Waals surface area contributed by atoms with Gasteiger partial charge in [0.05, 0.1) is 5.92 Å². The number of nitrogens with one attached hydrogen (secondary N) is 1. The van der Waals surface area contributed by atoms with Crippen LogP contribution in [0.1, 0.15) is 43.2 Å². The molecule has 3 unspecified atom stereocenters. The highest BCUT2D eigenvalue weighted by Gasteiger charge is 2.30. The van der Waals surface area contributed by atoms with Crippen LogP contribution in [-0.2, 0) is 9.53 Å². The molecule has 0 radical (unpaired) electrons. The smallest absolute Gasteiger partial charge is 0.313 e. The second-order valence-corrected chi connectivity index (χ2v) is 8.50. The molecule has 2 aromatic carbocycles. The van der Waals surface area contributed by atoms with E-state index in [4.69, 9.17) is 4.74 Å². The minimum Gasteiger partial charge on any atom is -0.460 e. The topological polar surface area (TPSA) is 41.6 Å². The lowest BCUT2D eigenvalue weighted by atomic mass is 9.93. The quantitative estimate of drug-likeness (QED) is 0.490. The van der Waals surface area contributed by atoms with Crippen molar-refractivity contribution in [3.8, 4) is 0 Å². The molecule has 0 amide bonds. The maximum Gasteiger partial charge on any atom is 0.313 e. The highest BCUT2D eigenvalue weighted by Crippen LogP contribution is 2.27. The van der Waals surface area contributed by atoms with Gasteiger partial charge in [-0.3, -0.25) is 4.79 Å². The molecule has 0 bridgehead atoms. The predicted octanol–water partition coefficient (Wildman–Crippen LogP) is 4.99. The summed E-state index contributed by atoms with van der Waals surface area (Å²) >= 11 is 0. The summed E-state index contributed by atoms with van der Waals surface area (Å²) < 4.78 is 19.7. The monoisotopic (exact) mass is 412 g/mol. The van der Waals surface area contributed by atoms with Crippen LogP contribution in [0.4, 0.5) is 10.1 Å². The van der Waals surface area contributed by atoms with E-state index in [2.05, 4.69) is 24.2 Å². The maximum atomic E-state index is 13.7. The number of ether oxygens (including phenoxy) is 1. The normalized spacial score (nSPS) is 20.5. The number of halogens is 1. The summed E-state index contributed by atoms with van der Waals surface area (Å²) in [7, 11) is 2.07. The number of hydrogen-bond acceptors (Lipinski definition) is 4. The van der Waals surface area contributed by atoms with Gasteiger partial charge in [-0.05, 0) is 69.0 Å². The number of carbonyl (C=O) groups is 1. The number of piperidine rings is 1. The minimum atomic E-state index is -0.290. The molecule has 2 aromatic rings. The van der Waals surface area contributed by atoms with Gasteiger partial charge in [-0.25, -0.2) is 4.39 Å². The van der Waals surface area contributed by atoms with Gasteiger partial charge in [0, 0.05) is 18.8 Å². The third-order valence-electron chi connectivity index (χ3n) is 6.02. The number of aryl methyl sites for hydroxylation is 1. The number of hydrogen-bond donors (Lipinski definition) is 1. The zero-order valence-corrected chi connectivity index (χ0v) is 18.2. The van der Waals surface area contributed by atoms with Crippen molar-refractivity contribution in [1.29, 1.82) is 0 Å². The van der Waals surface area contributed by atoms with Gasteiger partial charge in [0.2, 0.25) is 0 Å². The van der Waals surface area contributed by atoms with Gasteiger partial charge in [-0.15, -0.1) is 0 Å². The van der Waals surface area contributed by atoms with Gasteiger partial charge in [0.1, 0.15) is 11.9 Å². The Balaban J connectivity index is 1.59. The number of nitrogens with zero attached hydrogens (tertiary/aromatic N) is 1. The van der Waals surface area contributed by atoms with Gasteiger partial charge >= 0.3 is 5.97 Å². The van der Waals surface area contributed by atoms with Crippen molar-refractivity contribution in [1.82, 2.24) is 4.90 Å². The second-order valence-electron chi connectivity index (χ2n) is 8.50. The van der Waals surface area contributed by atoms with Crippen LogP contribution in [-0.4, -0.2) is 43.7 Å². The number of anilines is 1. The Morgan fingerprint density at radius 1 is 1.27 bits per heavy atom. The zero-order chi connectivity index (χ0) is 21.5. The minimum absolute atomic E-state index is 0.0591. The molecule has 1 aliphatic heterocycles. The molecule has 5 heteroatoms. The van der Waals surface area contributed by atoms with Gasteiger partial charge in [-0.1, -0.05) is 43.3 Å². The maximum absolute atomic E-state index is 13.7. The van der Waals surface area contributed by atoms with Gasteiger partial charge < -0.3 is 15.0 Å². The molecular weight excluding hydrogens is 379 g/mol. The molecule has 0 aromatic heterocycles. The van der Waals surface area contributed by atoms with E-state index in [0.29, 0.717) is 24.4 Å². The Morgan fingerprint density at radius 3 is 2.77 bits per heavy atom. The van der Waals surface area contributed by atoms with Crippen molar-refractivity contribution in [3.63, 3.8) is 0 Å². The van der Waals surface area contributed by atoms with Crippen molar-refractivity contribution in [3.05, 3.63) is 65.5 Å². The van der Waals surface area contributed by atoms with Crippen LogP contribution in [0.25, 0.3) is 0 Å². The molecular formula is C25H33FN2O2. The van der Waals surface area contributed by atoms with Gasteiger partial charge in [-0.2, -0.15) is 0 Å². The number of likely N-dealkylation sites (N-methyl/N-ethyl adjacent to an activating group) is 1. The number of carbonyl (C=O) groups excluding carboxylic acids is 1. The van der Waals surface area contributed by atoms with Crippen LogP contribution in [0.2, 0.25) is 0 Å². The fourth-order valence-electron chi connectivity index (χ4n) is 3.92. The van der Waals surface area contributed by atoms with Crippen LogP contribution < -0.4 is 5.32 Å². The van der Waals surface area contributed by atoms with E-state index in [-0.39, 0.29) is 23.8 Å². The second kappa shape index (κ2) is 10.6. The molecule has 1 heterocycles. The summed E-state index contributed by atoms with van der Waals surface area (Å²) in [5.41, 5.74) is 2.38. The number of rotatable bonds is 8. The molecule has 30 heavy (non-hydrogen) atoms. The van der Waals surface area contributed by atoms with Gasteiger partial charge in [0.25, 0.3) is 0 Å². The van der Waals surface area contributed by atoms with E-state index in [1.807, 2.05) is 36.4 Å². The van der Waals surface area contributed by atoms with Crippen molar-refractivity contribution in [2.75, 3.05) is 32.0 Å². The first-order valence-corrected chi connectivity index (χ1v) is 10.9. The third kappa shape index (κ3) is 6.05.